The SMILES string of the molecule is O=C(N[C@@H]1CN[C@@H]2COC[C@@H]21)C1CCC1. The Morgan fingerprint density at radius 2 is 2.20 bits per heavy atom. The average Bonchev–Trinajstić information content (AvgIpc) is 2.66. The van der Waals surface area contributed by atoms with Gasteiger partial charge in [0.1, 0.15) is 0 Å². The molecule has 0 bridgehead atoms. The molecule has 2 aliphatic heterocycles. The molecule has 0 aromatic heterocycles. The van der Waals surface area contributed by atoms with E-state index in [9.17, 15) is 4.79 Å². The predicted molar refractivity (Wildman–Crippen MR) is 55.4 cm³/mol. The number of hydrogen-bond acceptors (Lipinski definition) is 3. The Bertz CT molecular complexity index is 265. The molecule has 3 aliphatic rings. The Kier molecular flexibility index (Phi) is 2.41. The molecular formula is C11H18N2O2. The summed E-state index contributed by atoms with van der Waals surface area (Å²) in [6.07, 6.45) is 3.38. The third-order valence-corrected chi connectivity index (χ3v) is 4.04. The zero-order chi connectivity index (χ0) is 10.3. The van der Waals surface area contributed by atoms with Crippen LogP contribution < -0.4 is 10.6 Å². The quantitative estimate of drug-likeness (QED) is 0.668. The van der Waals surface area contributed by atoms with Crippen molar-refractivity contribution in [3.63, 3.8) is 0 Å². The first-order valence-corrected chi connectivity index (χ1v) is 5.96. The molecule has 1 saturated carbocycles. The maximum Gasteiger partial charge on any atom is 0.223 e. The lowest BCUT2D eigenvalue weighted by Gasteiger charge is -2.27. The summed E-state index contributed by atoms with van der Waals surface area (Å²) < 4.78 is 5.41. The highest BCUT2D eigenvalue weighted by molar-refractivity contribution is 5.79. The molecule has 3 fully saturated rings. The number of fused-ring (bicyclic) bond motifs is 1. The second-order valence-electron chi connectivity index (χ2n) is 4.96. The van der Waals surface area contributed by atoms with Crippen LogP contribution in [0.3, 0.4) is 0 Å². The molecule has 0 spiro atoms. The first-order chi connectivity index (χ1) is 7.34. The highest BCUT2D eigenvalue weighted by Gasteiger charge is 2.41. The summed E-state index contributed by atoms with van der Waals surface area (Å²) in [6, 6.07) is 0.766. The Labute approximate surface area is 89.7 Å². The zero-order valence-electron chi connectivity index (χ0n) is 8.87. The minimum absolute atomic E-state index is 0.264. The van der Waals surface area contributed by atoms with Crippen LogP contribution in [0.4, 0.5) is 0 Å². The maximum atomic E-state index is 11.8. The summed E-state index contributed by atoms with van der Waals surface area (Å²) in [6.45, 7) is 2.52. The lowest BCUT2D eigenvalue weighted by molar-refractivity contribution is -0.128. The van der Waals surface area contributed by atoms with Crippen molar-refractivity contribution in [3.05, 3.63) is 0 Å². The van der Waals surface area contributed by atoms with Gasteiger partial charge in [-0.2, -0.15) is 0 Å². The van der Waals surface area contributed by atoms with Gasteiger partial charge in [-0.3, -0.25) is 4.79 Å². The number of carbonyl (C=O) groups is 1. The molecule has 3 rings (SSSR count). The molecule has 3 atom stereocenters. The fraction of sp³-hybridized carbons (Fsp3) is 0.909. The van der Waals surface area contributed by atoms with Crippen LogP contribution in [-0.4, -0.2) is 37.7 Å². The molecule has 0 aromatic rings. The van der Waals surface area contributed by atoms with E-state index >= 15 is 0 Å². The van der Waals surface area contributed by atoms with E-state index in [1.54, 1.807) is 0 Å². The lowest BCUT2D eigenvalue weighted by atomic mass is 9.84. The van der Waals surface area contributed by atoms with Crippen molar-refractivity contribution < 1.29 is 9.53 Å². The fourth-order valence-electron chi connectivity index (χ4n) is 2.74. The first kappa shape index (κ1) is 9.60. The number of hydrogen-bond donors (Lipinski definition) is 2. The predicted octanol–water partition coefficient (Wildman–Crippen LogP) is -0.111. The van der Waals surface area contributed by atoms with Crippen LogP contribution in [0.2, 0.25) is 0 Å². The highest BCUT2D eigenvalue weighted by atomic mass is 16.5. The van der Waals surface area contributed by atoms with Crippen molar-refractivity contribution in [2.24, 2.45) is 11.8 Å². The van der Waals surface area contributed by atoms with Crippen molar-refractivity contribution in [2.75, 3.05) is 19.8 Å². The van der Waals surface area contributed by atoms with Gasteiger partial charge in [-0.1, -0.05) is 6.42 Å². The minimum atomic E-state index is 0.264. The van der Waals surface area contributed by atoms with E-state index in [1.807, 2.05) is 0 Å². The van der Waals surface area contributed by atoms with Crippen LogP contribution in [0, 0.1) is 11.8 Å². The summed E-state index contributed by atoms with van der Waals surface area (Å²) in [5.74, 6) is 1.06. The molecule has 84 valence electrons. The fourth-order valence-corrected chi connectivity index (χ4v) is 2.74. The molecule has 2 saturated heterocycles. The number of amides is 1. The molecule has 4 heteroatoms. The monoisotopic (exact) mass is 210 g/mol. The van der Waals surface area contributed by atoms with Crippen molar-refractivity contribution in [1.82, 2.24) is 10.6 Å². The minimum Gasteiger partial charge on any atom is -0.379 e. The average molecular weight is 210 g/mol. The van der Waals surface area contributed by atoms with E-state index in [0.717, 1.165) is 32.6 Å². The second-order valence-corrected chi connectivity index (χ2v) is 4.96. The molecule has 0 radical (unpaired) electrons. The summed E-state index contributed by atoms with van der Waals surface area (Å²) in [7, 11) is 0. The van der Waals surface area contributed by atoms with Gasteiger partial charge >= 0.3 is 0 Å². The molecule has 0 unspecified atom stereocenters. The molecule has 2 heterocycles. The maximum absolute atomic E-state index is 11.8. The summed E-state index contributed by atoms with van der Waals surface area (Å²) in [4.78, 5) is 11.8. The summed E-state index contributed by atoms with van der Waals surface area (Å²) in [5, 5.41) is 6.58. The van der Waals surface area contributed by atoms with Gasteiger partial charge in [-0.05, 0) is 12.8 Å². The molecule has 2 N–H and O–H groups in total. The van der Waals surface area contributed by atoms with Gasteiger partial charge < -0.3 is 15.4 Å². The Balaban J connectivity index is 1.56. The normalized spacial score (nSPS) is 39.9. The third kappa shape index (κ3) is 1.66. The van der Waals surface area contributed by atoms with Crippen molar-refractivity contribution in [2.45, 2.75) is 31.3 Å². The van der Waals surface area contributed by atoms with Gasteiger partial charge in [-0.15, -0.1) is 0 Å². The topological polar surface area (TPSA) is 50.4 Å². The van der Waals surface area contributed by atoms with Crippen LogP contribution in [0.15, 0.2) is 0 Å². The van der Waals surface area contributed by atoms with Gasteiger partial charge in [0, 0.05) is 30.5 Å². The van der Waals surface area contributed by atoms with Crippen molar-refractivity contribution in [1.29, 1.82) is 0 Å². The largest absolute Gasteiger partial charge is 0.379 e. The number of carbonyl (C=O) groups excluding carboxylic acids is 1. The van der Waals surface area contributed by atoms with Gasteiger partial charge in [0.15, 0.2) is 0 Å². The van der Waals surface area contributed by atoms with Crippen LogP contribution in [0.5, 0.6) is 0 Å². The van der Waals surface area contributed by atoms with Crippen molar-refractivity contribution in [3.8, 4) is 0 Å². The van der Waals surface area contributed by atoms with Crippen molar-refractivity contribution >= 4 is 5.91 Å². The van der Waals surface area contributed by atoms with E-state index in [4.69, 9.17) is 4.74 Å². The van der Waals surface area contributed by atoms with Gasteiger partial charge in [-0.25, -0.2) is 0 Å². The zero-order valence-corrected chi connectivity index (χ0v) is 8.87. The number of rotatable bonds is 2. The van der Waals surface area contributed by atoms with Gasteiger partial charge in [0.2, 0.25) is 5.91 Å². The van der Waals surface area contributed by atoms with E-state index in [2.05, 4.69) is 10.6 Å². The lowest BCUT2D eigenvalue weighted by Crippen LogP contribution is -2.45. The number of ether oxygens (including phenoxy) is 1. The molecule has 1 aliphatic carbocycles. The van der Waals surface area contributed by atoms with Crippen LogP contribution in [0.1, 0.15) is 19.3 Å². The van der Waals surface area contributed by atoms with E-state index < -0.39 is 0 Å². The molecule has 1 amide bonds. The summed E-state index contributed by atoms with van der Waals surface area (Å²) >= 11 is 0. The van der Waals surface area contributed by atoms with Gasteiger partial charge in [0.25, 0.3) is 0 Å². The van der Waals surface area contributed by atoms with Gasteiger partial charge in [0.05, 0.1) is 13.2 Å². The van der Waals surface area contributed by atoms with E-state index in [1.165, 1.54) is 6.42 Å². The van der Waals surface area contributed by atoms with Crippen LogP contribution in [-0.2, 0) is 9.53 Å². The Hall–Kier alpha value is -0.610. The number of nitrogens with one attached hydrogen (secondary N) is 2. The van der Waals surface area contributed by atoms with Crippen LogP contribution in [0.25, 0.3) is 0 Å². The summed E-state index contributed by atoms with van der Waals surface area (Å²) in [5.41, 5.74) is 0. The molecule has 0 aromatic carbocycles. The molecule has 15 heavy (non-hydrogen) atoms. The Morgan fingerprint density at radius 3 is 2.93 bits per heavy atom. The molecular weight excluding hydrogens is 192 g/mol. The molecule has 4 nitrogen and oxygen atoms in total. The Morgan fingerprint density at radius 1 is 1.33 bits per heavy atom. The third-order valence-electron chi connectivity index (χ3n) is 4.04. The smallest absolute Gasteiger partial charge is 0.223 e. The standard InChI is InChI=1S/C11H18N2O2/c14-11(7-2-1-3-7)13-9-4-12-10-6-15-5-8(9)10/h7-10,12H,1-6H2,(H,13,14)/t8-,9-,10-/m1/s1. The van der Waals surface area contributed by atoms with E-state index in [-0.39, 0.29) is 5.91 Å². The van der Waals surface area contributed by atoms with E-state index in [0.29, 0.717) is 23.9 Å². The van der Waals surface area contributed by atoms with Crippen LogP contribution >= 0.6 is 0 Å². The highest BCUT2D eigenvalue weighted by Crippen LogP contribution is 2.28. The second kappa shape index (κ2) is 3.76. The first-order valence-electron chi connectivity index (χ1n) is 5.96.